The van der Waals surface area contributed by atoms with Gasteiger partial charge in [-0.3, -0.25) is 4.79 Å². The van der Waals surface area contributed by atoms with Crippen molar-refractivity contribution in [3.63, 3.8) is 0 Å². The molecule has 1 saturated heterocycles. The van der Waals surface area contributed by atoms with Crippen LogP contribution in [0.2, 0.25) is 5.02 Å². The second-order valence-corrected chi connectivity index (χ2v) is 7.10. The number of hydrogen-bond acceptors (Lipinski definition) is 4. The van der Waals surface area contributed by atoms with Crippen LogP contribution in [0, 0.1) is 5.92 Å². The zero-order valence-corrected chi connectivity index (χ0v) is 13.9. The summed E-state index contributed by atoms with van der Waals surface area (Å²) in [4.78, 5) is 11.7. The van der Waals surface area contributed by atoms with Crippen molar-refractivity contribution >= 4 is 45.9 Å². The van der Waals surface area contributed by atoms with Crippen molar-refractivity contribution in [3.05, 3.63) is 23.2 Å². The molecular formula is C15H16ClN3O2S. The van der Waals surface area contributed by atoms with Crippen LogP contribution in [0.3, 0.4) is 0 Å². The zero-order valence-electron chi connectivity index (χ0n) is 12.3. The van der Waals surface area contributed by atoms with Crippen LogP contribution in [0.25, 0.3) is 10.9 Å². The molecule has 5 nitrogen and oxygen atoms in total. The highest BCUT2D eigenvalue weighted by atomic mass is 35.5. The summed E-state index contributed by atoms with van der Waals surface area (Å²) in [6, 6.07) is 5.63. The van der Waals surface area contributed by atoms with Crippen molar-refractivity contribution in [2.24, 2.45) is 16.1 Å². The topological polar surface area (TPSA) is 66.9 Å². The number of thioether (sulfide) groups is 1. The van der Waals surface area contributed by atoms with Gasteiger partial charge >= 0.3 is 0 Å². The molecule has 1 aromatic carbocycles. The van der Waals surface area contributed by atoms with Gasteiger partial charge in [0.05, 0.1) is 11.6 Å². The molecule has 1 fully saturated rings. The molecule has 22 heavy (non-hydrogen) atoms. The predicted octanol–water partition coefficient (Wildman–Crippen LogP) is 4.55. The summed E-state index contributed by atoms with van der Waals surface area (Å²) in [5.41, 5.74) is 1.17. The molecule has 0 unspecified atom stereocenters. The van der Waals surface area contributed by atoms with Gasteiger partial charge in [-0.1, -0.05) is 25.4 Å². The molecule has 1 N–H and O–H groups in total. The van der Waals surface area contributed by atoms with E-state index < -0.39 is 0 Å². The Kier molecular flexibility index (Phi) is 4.14. The largest absolute Gasteiger partial charge is 0.493 e. The SMILES string of the molecule is CC(C)C(=O)N=Nc1c(O)n(C2CSC2)c2ccc(Cl)cc12. The van der Waals surface area contributed by atoms with Crippen molar-refractivity contribution in [1.29, 1.82) is 0 Å². The Morgan fingerprint density at radius 1 is 1.45 bits per heavy atom. The van der Waals surface area contributed by atoms with Crippen LogP contribution in [-0.2, 0) is 4.79 Å². The highest BCUT2D eigenvalue weighted by Gasteiger charge is 2.27. The van der Waals surface area contributed by atoms with Gasteiger partial charge in [0, 0.05) is 27.8 Å². The third-order valence-corrected chi connectivity index (χ3v) is 5.12. The van der Waals surface area contributed by atoms with Gasteiger partial charge in [-0.2, -0.15) is 11.8 Å². The molecule has 1 aliphatic rings. The van der Waals surface area contributed by atoms with E-state index in [2.05, 4.69) is 10.2 Å². The summed E-state index contributed by atoms with van der Waals surface area (Å²) >= 11 is 7.88. The first kappa shape index (κ1) is 15.4. The van der Waals surface area contributed by atoms with Crippen LogP contribution < -0.4 is 0 Å². The lowest BCUT2D eigenvalue weighted by Crippen LogP contribution is -2.22. The molecule has 0 radical (unpaired) electrons. The molecule has 0 bridgehead atoms. The molecule has 0 spiro atoms. The molecule has 1 amide bonds. The van der Waals surface area contributed by atoms with Gasteiger partial charge in [-0.05, 0) is 18.2 Å². The van der Waals surface area contributed by atoms with Crippen LogP contribution in [0.4, 0.5) is 5.69 Å². The van der Waals surface area contributed by atoms with E-state index >= 15 is 0 Å². The quantitative estimate of drug-likeness (QED) is 0.835. The van der Waals surface area contributed by atoms with Gasteiger partial charge in [0.1, 0.15) is 0 Å². The van der Waals surface area contributed by atoms with Gasteiger partial charge < -0.3 is 9.67 Å². The lowest BCUT2D eigenvalue weighted by atomic mass is 10.2. The maximum atomic E-state index is 11.7. The first-order valence-corrected chi connectivity index (χ1v) is 8.58. The molecule has 0 saturated carbocycles. The van der Waals surface area contributed by atoms with Crippen LogP contribution in [0.15, 0.2) is 28.4 Å². The van der Waals surface area contributed by atoms with Crippen LogP contribution in [0.1, 0.15) is 19.9 Å². The van der Waals surface area contributed by atoms with Gasteiger partial charge in [0.15, 0.2) is 5.69 Å². The molecule has 3 rings (SSSR count). The highest BCUT2D eigenvalue weighted by molar-refractivity contribution is 8.00. The third kappa shape index (κ3) is 2.61. The minimum Gasteiger partial charge on any atom is -0.493 e. The van der Waals surface area contributed by atoms with Crippen LogP contribution in [0.5, 0.6) is 5.88 Å². The van der Waals surface area contributed by atoms with Crippen molar-refractivity contribution in [2.45, 2.75) is 19.9 Å². The van der Waals surface area contributed by atoms with Gasteiger partial charge in [0.2, 0.25) is 5.88 Å². The summed E-state index contributed by atoms with van der Waals surface area (Å²) in [5.74, 6) is 1.39. The summed E-state index contributed by atoms with van der Waals surface area (Å²) < 4.78 is 1.86. The first-order chi connectivity index (χ1) is 10.5. The maximum absolute atomic E-state index is 11.7. The van der Waals surface area contributed by atoms with E-state index in [0.29, 0.717) is 16.1 Å². The standard InChI is InChI=1S/C15H16ClN3O2S/c1-8(2)14(20)18-17-13-11-5-9(16)3-4-12(11)19(15(13)21)10-6-22-7-10/h3-5,8,10,21H,6-7H2,1-2H3. The fourth-order valence-electron chi connectivity index (χ4n) is 2.31. The normalized spacial score (nSPS) is 15.8. The molecule has 1 aliphatic heterocycles. The van der Waals surface area contributed by atoms with Crippen LogP contribution >= 0.6 is 23.4 Å². The second kappa shape index (κ2) is 5.93. The highest BCUT2D eigenvalue weighted by Crippen LogP contribution is 2.45. The number of benzene rings is 1. The molecule has 1 aromatic heterocycles. The number of nitrogens with zero attached hydrogens (tertiary/aromatic N) is 3. The Bertz CT molecular complexity index is 766. The number of aromatic nitrogens is 1. The van der Waals surface area contributed by atoms with Crippen molar-refractivity contribution in [3.8, 4) is 5.88 Å². The summed E-state index contributed by atoms with van der Waals surface area (Å²) in [5, 5.41) is 19.5. The number of azo groups is 1. The maximum Gasteiger partial charge on any atom is 0.267 e. The number of rotatable bonds is 3. The number of fused-ring (bicyclic) bond motifs is 1. The Morgan fingerprint density at radius 2 is 2.18 bits per heavy atom. The van der Waals surface area contributed by atoms with Crippen molar-refractivity contribution in [2.75, 3.05) is 11.5 Å². The minimum atomic E-state index is -0.318. The average molecular weight is 338 g/mol. The lowest BCUT2D eigenvalue weighted by Gasteiger charge is -2.27. The van der Waals surface area contributed by atoms with E-state index in [1.165, 1.54) is 0 Å². The number of carbonyl (C=O) groups is 1. The third-order valence-electron chi connectivity index (χ3n) is 3.64. The summed E-state index contributed by atoms with van der Waals surface area (Å²) in [6.45, 7) is 3.51. The first-order valence-electron chi connectivity index (χ1n) is 7.04. The molecule has 0 atom stereocenters. The van der Waals surface area contributed by atoms with E-state index in [1.54, 1.807) is 26.0 Å². The number of hydrogen-bond donors (Lipinski definition) is 1. The summed E-state index contributed by atoms with van der Waals surface area (Å²) in [6.07, 6.45) is 0. The molecule has 2 heterocycles. The van der Waals surface area contributed by atoms with Gasteiger partial charge in [-0.25, -0.2) is 0 Å². The monoisotopic (exact) mass is 337 g/mol. The smallest absolute Gasteiger partial charge is 0.267 e. The predicted molar refractivity (Wildman–Crippen MR) is 89.3 cm³/mol. The molecular weight excluding hydrogens is 322 g/mol. The summed E-state index contributed by atoms with van der Waals surface area (Å²) in [7, 11) is 0. The fraction of sp³-hybridized carbons (Fsp3) is 0.400. The fourth-order valence-corrected chi connectivity index (χ4v) is 3.23. The lowest BCUT2D eigenvalue weighted by molar-refractivity contribution is -0.121. The van der Waals surface area contributed by atoms with Crippen molar-refractivity contribution < 1.29 is 9.90 Å². The molecule has 7 heteroatoms. The average Bonchev–Trinajstić information content (AvgIpc) is 2.67. The van der Waals surface area contributed by atoms with Crippen molar-refractivity contribution in [1.82, 2.24) is 4.57 Å². The van der Waals surface area contributed by atoms with Gasteiger partial charge in [0.25, 0.3) is 5.91 Å². The van der Waals surface area contributed by atoms with Gasteiger partial charge in [-0.15, -0.1) is 10.2 Å². The van der Waals surface area contributed by atoms with E-state index in [-0.39, 0.29) is 23.7 Å². The number of amides is 1. The number of carbonyl (C=O) groups excluding carboxylic acids is 1. The second-order valence-electron chi connectivity index (χ2n) is 5.59. The zero-order chi connectivity index (χ0) is 15.9. The van der Waals surface area contributed by atoms with E-state index in [4.69, 9.17) is 11.6 Å². The van der Waals surface area contributed by atoms with E-state index in [9.17, 15) is 9.90 Å². The van der Waals surface area contributed by atoms with E-state index in [1.807, 2.05) is 22.4 Å². The molecule has 0 aliphatic carbocycles. The Labute approximate surface area is 137 Å². The molecule has 2 aromatic rings. The minimum absolute atomic E-state index is 0.0443. The van der Waals surface area contributed by atoms with E-state index in [0.717, 1.165) is 17.0 Å². The number of halogens is 1. The number of aromatic hydroxyl groups is 1. The Hall–Kier alpha value is -1.53. The van der Waals surface area contributed by atoms with Crippen LogP contribution in [-0.4, -0.2) is 27.1 Å². The molecule has 116 valence electrons. The Balaban J connectivity index is 2.14. The Morgan fingerprint density at radius 3 is 2.77 bits per heavy atom.